The summed E-state index contributed by atoms with van der Waals surface area (Å²) >= 11 is 0. The van der Waals surface area contributed by atoms with E-state index in [1.165, 1.54) is 0 Å². The summed E-state index contributed by atoms with van der Waals surface area (Å²) in [6.07, 6.45) is -14.3. The molecular weight excluding hydrogens is 494 g/mol. The van der Waals surface area contributed by atoms with Crippen molar-refractivity contribution in [3.63, 3.8) is 0 Å². The predicted octanol–water partition coefficient (Wildman–Crippen LogP) is 6.39. The van der Waals surface area contributed by atoms with Gasteiger partial charge in [0.15, 0.2) is 0 Å². The lowest BCUT2D eigenvalue weighted by Gasteiger charge is -2.22. The van der Waals surface area contributed by atoms with E-state index in [2.05, 4.69) is 4.74 Å². The molecule has 1 fully saturated rings. The van der Waals surface area contributed by atoms with Crippen molar-refractivity contribution in [3.8, 4) is 11.5 Å². The van der Waals surface area contributed by atoms with Gasteiger partial charge in [0.2, 0.25) is 0 Å². The van der Waals surface area contributed by atoms with Gasteiger partial charge in [-0.25, -0.2) is 4.79 Å². The number of hydrogen-bond donors (Lipinski definition) is 0. The minimum Gasteiger partial charge on any atom is -0.461 e. The van der Waals surface area contributed by atoms with Crippen LogP contribution in [0, 0.1) is 17.3 Å². The molecule has 194 valence electrons. The van der Waals surface area contributed by atoms with Crippen LogP contribution in [-0.2, 0) is 25.7 Å². The molecule has 2 atom stereocenters. The van der Waals surface area contributed by atoms with Gasteiger partial charge in [-0.3, -0.25) is 4.79 Å². The molecule has 0 aliphatic heterocycles. The standard InChI is InChI=1S/C25H22F6O5/c1-23(2)18(11-12-19(32)36-22(24(26,27)28)25(29,30)31)20(23)21(33)34-14-15-7-6-10-17(13-15)35-16-8-4-3-5-9-16/h3-13,18,20,22H,14H2,1-2H3. The number of rotatable bonds is 8. The first kappa shape index (κ1) is 27.1. The Morgan fingerprint density at radius 1 is 0.944 bits per heavy atom. The number of alkyl halides is 6. The van der Waals surface area contributed by atoms with Crippen LogP contribution in [0.15, 0.2) is 66.7 Å². The van der Waals surface area contributed by atoms with Gasteiger partial charge in [-0.05, 0) is 41.2 Å². The van der Waals surface area contributed by atoms with E-state index in [0.717, 1.165) is 6.08 Å². The van der Waals surface area contributed by atoms with E-state index in [4.69, 9.17) is 9.47 Å². The van der Waals surface area contributed by atoms with Gasteiger partial charge in [0, 0.05) is 6.08 Å². The first-order chi connectivity index (χ1) is 16.7. The van der Waals surface area contributed by atoms with Crippen LogP contribution < -0.4 is 4.74 Å². The number of carbonyl (C=O) groups excluding carboxylic acids is 2. The Balaban J connectivity index is 1.56. The molecule has 0 bridgehead atoms. The third-order valence-corrected chi connectivity index (χ3v) is 5.69. The van der Waals surface area contributed by atoms with Crippen molar-refractivity contribution >= 4 is 11.9 Å². The van der Waals surface area contributed by atoms with Gasteiger partial charge in [0.25, 0.3) is 6.10 Å². The van der Waals surface area contributed by atoms with Gasteiger partial charge in [0.05, 0.1) is 5.92 Å². The van der Waals surface area contributed by atoms with Crippen LogP contribution in [0.1, 0.15) is 19.4 Å². The monoisotopic (exact) mass is 516 g/mol. The number of hydrogen-bond acceptors (Lipinski definition) is 5. The maximum absolute atomic E-state index is 12.6. The highest BCUT2D eigenvalue weighted by atomic mass is 19.4. The van der Waals surface area contributed by atoms with Gasteiger partial charge >= 0.3 is 24.3 Å². The second-order valence-corrected chi connectivity index (χ2v) is 8.75. The van der Waals surface area contributed by atoms with Crippen LogP contribution >= 0.6 is 0 Å². The molecule has 11 heteroatoms. The van der Waals surface area contributed by atoms with E-state index in [0.29, 0.717) is 23.1 Å². The zero-order valence-corrected chi connectivity index (χ0v) is 19.1. The van der Waals surface area contributed by atoms with E-state index < -0.39 is 47.6 Å². The molecule has 1 saturated carbocycles. The minimum absolute atomic E-state index is 0.0886. The highest BCUT2D eigenvalue weighted by molar-refractivity contribution is 5.83. The average Bonchev–Trinajstić information content (AvgIpc) is 3.34. The van der Waals surface area contributed by atoms with Crippen molar-refractivity contribution < 1.29 is 50.1 Å². The number of benzene rings is 2. The third kappa shape index (κ3) is 6.79. The second-order valence-electron chi connectivity index (χ2n) is 8.75. The van der Waals surface area contributed by atoms with E-state index in [-0.39, 0.29) is 6.61 Å². The molecular formula is C25H22F6O5. The highest BCUT2D eigenvalue weighted by Crippen LogP contribution is 2.59. The Kier molecular flexibility index (Phi) is 7.70. The molecule has 0 saturated heterocycles. The number of carbonyl (C=O) groups is 2. The van der Waals surface area contributed by atoms with Crippen LogP contribution in [0.4, 0.5) is 26.3 Å². The van der Waals surface area contributed by atoms with Crippen molar-refractivity contribution in [1.29, 1.82) is 0 Å². The Morgan fingerprint density at radius 3 is 2.17 bits per heavy atom. The van der Waals surface area contributed by atoms with Crippen molar-refractivity contribution in [2.45, 2.75) is 38.9 Å². The zero-order valence-electron chi connectivity index (χ0n) is 19.1. The van der Waals surface area contributed by atoms with Crippen LogP contribution in [0.5, 0.6) is 11.5 Å². The van der Waals surface area contributed by atoms with Crippen LogP contribution in [0.2, 0.25) is 0 Å². The molecule has 0 N–H and O–H groups in total. The molecule has 0 heterocycles. The fraction of sp³-hybridized carbons (Fsp3) is 0.360. The lowest BCUT2D eigenvalue weighted by atomic mass is 10.1. The summed E-state index contributed by atoms with van der Waals surface area (Å²) in [6.45, 7) is 3.22. The van der Waals surface area contributed by atoms with Gasteiger partial charge in [-0.2, -0.15) is 26.3 Å². The molecule has 1 aliphatic rings. The number of allylic oxidation sites excluding steroid dienone is 1. The maximum Gasteiger partial charge on any atom is 0.434 e. The number of ether oxygens (including phenoxy) is 3. The van der Waals surface area contributed by atoms with Gasteiger partial charge in [-0.1, -0.05) is 50.3 Å². The summed E-state index contributed by atoms with van der Waals surface area (Å²) in [7, 11) is 0. The maximum atomic E-state index is 12.6. The number of para-hydroxylation sites is 1. The molecule has 1 aliphatic carbocycles. The second kappa shape index (κ2) is 10.2. The topological polar surface area (TPSA) is 61.8 Å². The lowest BCUT2D eigenvalue weighted by molar-refractivity contribution is -0.312. The van der Waals surface area contributed by atoms with Crippen molar-refractivity contribution in [3.05, 3.63) is 72.3 Å². The molecule has 36 heavy (non-hydrogen) atoms. The van der Waals surface area contributed by atoms with Crippen molar-refractivity contribution in [2.75, 3.05) is 0 Å². The van der Waals surface area contributed by atoms with Crippen LogP contribution in [0.25, 0.3) is 0 Å². The lowest BCUT2D eigenvalue weighted by Crippen LogP contribution is -2.45. The van der Waals surface area contributed by atoms with Crippen LogP contribution in [-0.4, -0.2) is 30.4 Å². The molecule has 2 aromatic rings. The molecule has 2 aromatic carbocycles. The van der Waals surface area contributed by atoms with Gasteiger partial charge < -0.3 is 14.2 Å². The Labute approximate surface area is 202 Å². The SMILES string of the molecule is CC1(C)C(C=CC(=O)OC(C(F)(F)F)C(F)(F)F)C1C(=O)OCc1cccc(Oc2ccccc2)c1. The number of esters is 2. The Hall–Kier alpha value is -3.50. The molecule has 5 nitrogen and oxygen atoms in total. The number of halogens is 6. The van der Waals surface area contributed by atoms with E-state index in [9.17, 15) is 35.9 Å². The summed E-state index contributed by atoms with van der Waals surface area (Å²) in [5, 5.41) is 0. The Bertz CT molecular complexity index is 1090. The largest absolute Gasteiger partial charge is 0.461 e. The Morgan fingerprint density at radius 2 is 1.56 bits per heavy atom. The van der Waals surface area contributed by atoms with E-state index >= 15 is 0 Å². The summed E-state index contributed by atoms with van der Waals surface area (Å²) in [6, 6.07) is 15.9. The highest BCUT2D eigenvalue weighted by Gasteiger charge is 2.62. The average molecular weight is 516 g/mol. The summed E-state index contributed by atoms with van der Waals surface area (Å²) < 4.78 is 89.9. The summed E-state index contributed by atoms with van der Waals surface area (Å²) in [4.78, 5) is 24.2. The quantitative estimate of drug-likeness (QED) is 0.231. The molecule has 0 amide bonds. The van der Waals surface area contributed by atoms with E-state index in [1.807, 2.05) is 18.2 Å². The fourth-order valence-electron chi connectivity index (χ4n) is 3.71. The smallest absolute Gasteiger partial charge is 0.434 e. The minimum atomic E-state index is -5.81. The molecule has 0 spiro atoms. The zero-order chi connectivity index (χ0) is 26.7. The molecule has 0 radical (unpaired) electrons. The predicted molar refractivity (Wildman–Crippen MR) is 115 cm³/mol. The summed E-state index contributed by atoms with van der Waals surface area (Å²) in [5.74, 6) is -2.68. The summed E-state index contributed by atoms with van der Waals surface area (Å²) in [5.41, 5.74) is -0.0872. The van der Waals surface area contributed by atoms with Gasteiger partial charge in [0.1, 0.15) is 18.1 Å². The van der Waals surface area contributed by atoms with Crippen LogP contribution in [0.3, 0.4) is 0 Å². The van der Waals surface area contributed by atoms with E-state index in [1.54, 1.807) is 50.2 Å². The molecule has 0 aromatic heterocycles. The first-order valence-corrected chi connectivity index (χ1v) is 10.7. The van der Waals surface area contributed by atoms with Crippen molar-refractivity contribution in [1.82, 2.24) is 0 Å². The molecule has 2 unspecified atom stereocenters. The molecule has 3 rings (SSSR count). The first-order valence-electron chi connectivity index (χ1n) is 10.7. The fourth-order valence-corrected chi connectivity index (χ4v) is 3.71. The van der Waals surface area contributed by atoms with Gasteiger partial charge in [-0.15, -0.1) is 0 Å². The third-order valence-electron chi connectivity index (χ3n) is 5.69. The normalized spacial score (nSPS) is 19.2. The van der Waals surface area contributed by atoms with Crippen molar-refractivity contribution in [2.24, 2.45) is 17.3 Å².